The number of carbonyl (C=O) groups is 4. The van der Waals surface area contributed by atoms with E-state index in [4.69, 9.17) is 5.11 Å². The first-order valence-electron chi connectivity index (χ1n) is 15.4. The number of aromatic hydroxyl groups is 1. The molecule has 15 nitrogen and oxygen atoms in total. The zero-order valence-electron chi connectivity index (χ0n) is 27.1. The topological polar surface area (TPSA) is 236 Å². The van der Waals surface area contributed by atoms with Crippen LogP contribution in [0.15, 0.2) is 135 Å². The zero-order chi connectivity index (χ0) is 37.7. The standard InChI is InChI=1S/C37H26N6O9S/c44-31-17-15-28(20-30(31)37(48)49)42-40-25-8-6-22(7-9-25)36(47)38-24-10-12-26(13-11-24)41-43-33-32(53(50,51)52)19-23-18-27(14-16-29(23)34(33)45)39-35(46)21-4-2-1-3-5-21/h1-20,41,44H,(H,38,47)(H,39,46)(H,48,49)(H,50,51,52). The molecule has 0 atom stereocenters. The summed E-state index contributed by atoms with van der Waals surface area (Å²) in [5, 5.41) is 36.2. The number of carboxylic acids is 1. The number of nitrogens with zero attached hydrogens (tertiary/aromatic N) is 3. The molecule has 6 N–H and O–H groups in total. The van der Waals surface area contributed by atoms with Gasteiger partial charge in [-0.05, 0) is 109 Å². The van der Waals surface area contributed by atoms with Gasteiger partial charge in [0, 0.05) is 28.1 Å². The summed E-state index contributed by atoms with van der Waals surface area (Å²) in [5.74, 6) is -3.35. The van der Waals surface area contributed by atoms with Crippen molar-refractivity contribution in [2.24, 2.45) is 15.3 Å². The lowest BCUT2D eigenvalue weighted by Crippen LogP contribution is -2.27. The zero-order valence-corrected chi connectivity index (χ0v) is 27.9. The van der Waals surface area contributed by atoms with E-state index in [-0.39, 0.29) is 22.4 Å². The van der Waals surface area contributed by atoms with Crippen molar-refractivity contribution in [3.8, 4) is 5.75 Å². The van der Waals surface area contributed by atoms with E-state index < -0.39 is 50.1 Å². The van der Waals surface area contributed by atoms with E-state index in [1.54, 1.807) is 30.3 Å². The summed E-state index contributed by atoms with van der Waals surface area (Å²) >= 11 is 0. The van der Waals surface area contributed by atoms with Crippen molar-refractivity contribution in [2.75, 3.05) is 16.1 Å². The molecule has 0 bridgehead atoms. The van der Waals surface area contributed by atoms with Crippen LogP contribution in [-0.4, -0.2) is 52.5 Å². The molecule has 5 aromatic rings. The van der Waals surface area contributed by atoms with Crippen molar-refractivity contribution < 1.29 is 42.4 Å². The van der Waals surface area contributed by atoms with Gasteiger partial charge in [0.15, 0.2) is 5.71 Å². The Morgan fingerprint density at radius 3 is 1.91 bits per heavy atom. The maximum Gasteiger partial charge on any atom is 0.339 e. The highest BCUT2D eigenvalue weighted by Crippen LogP contribution is 2.29. The molecular weight excluding hydrogens is 705 g/mol. The molecule has 5 aromatic carbocycles. The number of carbonyl (C=O) groups excluding carboxylic acids is 3. The summed E-state index contributed by atoms with van der Waals surface area (Å²) < 4.78 is 34.6. The predicted octanol–water partition coefficient (Wildman–Crippen LogP) is 6.90. The van der Waals surface area contributed by atoms with Gasteiger partial charge in [0.2, 0.25) is 5.78 Å². The molecule has 0 saturated heterocycles. The summed E-state index contributed by atoms with van der Waals surface area (Å²) in [6, 6.07) is 28.7. The number of rotatable bonds is 10. The predicted molar refractivity (Wildman–Crippen MR) is 196 cm³/mol. The first-order valence-corrected chi connectivity index (χ1v) is 16.9. The van der Waals surface area contributed by atoms with Gasteiger partial charge >= 0.3 is 5.97 Å². The molecule has 2 amide bonds. The second kappa shape index (κ2) is 14.9. The van der Waals surface area contributed by atoms with Crippen LogP contribution in [0.3, 0.4) is 0 Å². The molecule has 0 spiro atoms. The lowest BCUT2D eigenvalue weighted by atomic mass is 9.94. The van der Waals surface area contributed by atoms with Gasteiger partial charge in [-0.2, -0.15) is 23.7 Å². The first-order chi connectivity index (χ1) is 25.4. The Hall–Kier alpha value is -7.30. The molecule has 0 radical (unpaired) electrons. The van der Waals surface area contributed by atoms with Crippen molar-refractivity contribution >= 4 is 73.9 Å². The monoisotopic (exact) mass is 730 g/mol. The second-order valence-electron chi connectivity index (χ2n) is 11.3. The van der Waals surface area contributed by atoms with Crippen molar-refractivity contribution in [3.63, 3.8) is 0 Å². The Kier molecular flexibility index (Phi) is 9.98. The van der Waals surface area contributed by atoms with Crippen molar-refractivity contribution in [3.05, 3.63) is 148 Å². The van der Waals surface area contributed by atoms with Gasteiger partial charge in [0.05, 0.1) is 17.1 Å². The third kappa shape index (κ3) is 8.37. The van der Waals surface area contributed by atoms with Crippen LogP contribution in [0.4, 0.5) is 28.4 Å². The summed E-state index contributed by atoms with van der Waals surface area (Å²) in [6.45, 7) is 0. The van der Waals surface area contributed by atoms with Crippen molar-refractivity contribution in [1.29, 1.82) is 0 Å². The van der Waals surface area contributed by atoms with Crippen LogP contribution in [0.1, 0.15) is 47.0 Å². The molecule has 1 aliphatic carbocycles. The van der Waals surface area contributed by atoms with Gasteiger partial charge in [0.25, 0.3) is 21.9 Å². The van der Waals surface area contributed by atoms with Crippen molar-refractivity contribution in [1.82, 2.24) is 0 Å². The molecule has 264 valence electrons. The molecule has 0 heterocycles. The quantitative estimate of drug-likeness (QED) is 0.0493. The number of phenols is 1. The molecule has 0 unspecified atom stereocenters. The summed E-state index contributed by atoms with van der Waals surface area (Å²) in [7, 11) is -4.91. The highest BCUT2D eigenvalue weighted by Gasteiger charge is 2.33. The van der Waals surface area contributed by atoms with E-state index >= 15 is 0 Å². The average molecular weight is 731 g/mol. The Balaban J connectivity index is 1.11. The van der Waals surface area contributed by atoms with Gasteiger partial charge in [-0.25, -0.2) is 4.79 Å². The molecular formula is C37H26N6O9S. The lowest BCUT2D eigenvalue weighted by Gasteiger charge is -2.17. The molecule has 16 heteroatoms. The number of anilines is 3. The van der Waals surface area contributed by atoms with Gasteiger partial charge in [0.1, 0.15) is 16.2 Å². The minimum Gasteiger partial charge on any atom is -0.507 e. The molecule has 6 rings (SSSR count). The third-order valence-electron chi connectivity index (χ3n) is 7.66. The molecule has 53 heavy (non-hydrogen) atoms. The summed E-state index contributed by atoms with van der Waals surface area (Å²) in [6.07, 6.45) is 1.09. The van der Waals surface area contributed by atoms with Crippen LogP contribution in [-0.2, 0) is 10.1 Å². The number of ketones is 1. The average Bonchev–Trinajstić information content (AvgIpc) is 3.14. The number of carboxylic acid groups (broad SMARTS) is 1. The fraction of sp³-hybridized carbons (Fsp3) is 0. The molecule has 0 aromatic heterocycles. The summed E-state index contributed by atoms with van der Waals surface area (Å²) in [4.78, 5) is 49.2. The Morgan fingerprint density at radius 2 is 1.25 bits per heavy atom. The number of Topliss-reactive ketones (excluding diaryl/α,β-unsaturated/α-hetero) is 1. The minimum atomic E-state index is -4.91. The van der Waals surface area contributed by atoms with E-state index in [9.17, 15) is 37.3 Å². The number of hydrazone groups is 1. The SMILES string of the molecule is O=C(Nc1ccc(NN=C2C(=O)c3ccc(NC(=O)c4ccccc4)cc3C=C2S(=O)(=O)O)cc1)c1ccc(N=Nc2ccc(O)c(C(=O)O)c2)cc1. The van der Waals surface area contributed by atoms with Gasteiger partial charge in [-0.3, -0.25) is 24.4 Å². The van der Waals surface area contributed by atoms with Crippen LogP contribution >= 0.6 is 0 Å². The number of allylic oxidation sites excluding steroid dienone is 1. The molecule has 0 fully saturated rings. The van der Waals surface area contributed by atoms with E-state index in [2.05, 4.69) is 31.4 Å². The number of benzene rings is 5. The molecule has 0 saturated carbocycles. The van der Waals surface area contributed by atoms with Gasteiger partial charge < -0.3 is 20.8 Å². The largest absolute Gasteiger partial charge is 0.507 e. The van der Waals surface area contributed by atoms with Gasteiger partial charge in [-0.1, -0.05) is 18.2 Å². The number of aromatic carboxylic acids is 1. The van der Waals surface area contributed by atoms with Crippen LogP contribution < -0.4 is 16.1 Å². The van der Waals surface area contributed by atoms with Crippen LogP contribution in [0.2, 0.25) is 0 Å². The number of fused-ring (bicyclic) bond motifs is 1. The van der Waals surface area contributed by atoms with E-state index in [0.29, 0.717) is 33.9 Å². The fourth-order valence-corrected chi connectivity index (χ4v) is 5.67. The fourth-order valence-electron chi connectivity index (χ4n) is 5.02. The molecule has 0 aliphatic heterocycles. The number of hydrogen-bond acceptors (Lipinski definition) is 11. The van der Waals surface area contributed by atoms with E-state index in [1.165, 1.54) is 84.9 Å². The minimum absolute atomic E-state index is 0.0940. The normalized spacial score (nSPS) is 13.3. The summed E-state index contributed by atoms with van der Waals surface area (Å²) in [5.41, 5.74) is 4.27. The number of nitrogens with one attached hydrogen (secondary N) is 3. The Labute approximate surface area is 300 Å². The van der Waals surface area contributed by atoms with Gasteiger partial charge in [-0.15, -0.1) is 0 Å². The van der Waals surface area contributed by atoms with E-state index in [0.717, 1.165) is 6.08 Å². The van der Waals surface area contributed by atoms with Crippen molar-refractivity contribution in [2.45, 2.75) is 0 Å². The number of amides is 2. The van der Waals surface area contributed by atoms with Crippen LogP contribution in [0.25, 0.3) is 6.08 Å². The Bertz CT molecular complexity index is 2480. The molecule has 1 aliphatic rings. The number of hydrogen-bond donors (Lipinski definition) is 6. The number of azo groups is 1. The third-order valence-corrected chi connectivity index (χ3v) is 8.53. The maximum absolute atomic E-state index is 13.4. The smallest absolute Gasteiger partial charge is 0.339 e. The van der Waals surface area contributed by atoms with Crippen LogP contribution in [0.5, 0.6) is 5.75 Å². The van der Waals surface area contributed by atoms with Crippen LogP contribution in [0, 0.1) is 0 Å². The highest BCUT2D eigenvalue weighted by molar-refractivity contribution is 7.91. The lowest BCUT2D eigenvalue weighted by molar-refractivity contribution is 0.0693. The second-order valence-corrected chi connectivity index (χ2v) is 12.7. The first kappa shape index (κ1) is 35.5. The Morgan fingerprint density at radius 1 is 0.660 bits per heavy atom. The maximum atomic E-state index is 13.4. The highest BCUT2D eigenvalue weighted by atomic mass is 32.2. The van der Waals surface area contributed by atoms with E-state index in [1.807, 2.05) is 0 Å².